The van der Waals surface area contributed by atoms with Gasteiger partial charge in [-0.2, -0.15) is 0 Å². The van der Waals surface area contributed by atoms with E-state index in [2.05, 4.69) is 27.8 Å². The lowest BCUT2D eigenvalue weighted by atomic mass is 10.1. The van der Waals surface area contributed by atoms with Crippen molar-refractivity contribution in [2.24, 2.45) is 4.99 Å². The zero-order valence-corrected chi connectivity index (χ0v) is 18.4. The predicted octanol–water partition coefficient (Wildman–Crippen LogP) is 2.09. The van der Waals surface area contributed by atoms with Crippen LogP contribution in [0.4, 0.5) is 4.79 Å². The average Bonchev–Trinajstić information content (AvgIpc) is 3.04. The van der Waals surface area contributed by atoms with Crippen molar-refractivity contribution < 1.29 is 14.3 Å². The summed E-state index contributed by atoms with van der Waals surface area (Å²) in [5, 5.41) is 6.69. The minimum absolute atomic E-state index is 0.140. The topological polar surface area (TPSA) is 86.3 Å². The molecule has 2 heterocycles. The van der Waals surface area contributed by atoms with E-state index in [0.717, 1.165) is 24.1 Å². The molecule has 164 valence electrons. The van der Waals surface area contributed by atoms with E-state index >= 15 is 0 Å². The molecule has 0 radical (unpaired) electrons. The van der Waals surface area contributed by atoms with E-state index in [1.165, 1.54) is 0 Å². The number of nitrogens with one attached hydrogen (secondary N) is 2. The first kappa shape index (κ1) is 21.9. The molecule has 0 unspecified atom stereocenters. The number of ether oxygens (including phenoxy) is 1. The minimum atomic E-state index is -0.486. The van der Waals surface area contributed by atoms with Gasteiger partial charge in [-0.15, -0.1) is 0 Å². The Morgan fingerprint density at radius 2 is 1.93 bits per heavy atom. The molecule has 0 atom stereocenters. The Morgan fingerprint density at radius 3 is 2.53 bits per heavy atom. The number of amides is 2. The molecule has 0 bridgehead atoms. The number of hydrogen-bond donors (Lipinski definition) is 2. The second-order valence-electron chi connectivity index (χ2n) is 8.84. The van der Waals surface area contributed by atoms with E-state index in [1.807, 2.05) is 37.8 Å². The van der Waals surface area contributed by atoms with Crippen LogP contribution in [-0.2, 0) is 22.6 Å². The highest BCUT2D eigenvalue weighted by atomic mass is 16.6. The third-order valence-electron chi connectivity index (χ3n) is 5.19. The average molecular weight is 416 g/mol. The van der Waals surface area contributed by atoms with Crippen molar-refractivity contribution in [1.82, 2.24) is 20.4 Å². The molecular weight excluding hydrogens is 382 g/mol. The van der Waals surface area contributed by atoms with Crippen molar-refractivity contribution in [2.75, 3.05) is 26.7 Å². The molecule has 30 heavy (non-hydrogen) atoms. The molecule has 2 saturated heterocycles. The van der Waals surface area contributed by atoms with Gasteiger partial charge in [0.1, 0.15) is 5.60 Å². The first-order valence-corrected chi connectivity index (χ1v) is 10.5. The maximum absolute atomic E-state index is 12.1. The van der Waals surface area contributed by atoms with Gasteiger partial charge in [0.15, 0.2) is 5.96 Å². The highest BCUT2D eigenvalue weighted by Crippen LogP contribution is 2.18. The third kappa shape index (κ3) is 5.87. The zero-order chi connectivity index (χ0) is 21.7. The first-order valence-electron chi connectivity index (χ1n) is 10.5. The van der Waals surface area contributed by atoms with Crippen LogP contribution in [-0.4, -0.2) is 66.1 Å². The van der Waals surface area contributed by atoms with Crippen LogP contribution in [0, 0.1) is 0 Å². The molecule has 0 saturated carbocycles. The molecule has 8 nitrogen and oxygen atoms in total. The summed E-state index contributed by atoms with van der Waals surface area (Å²) >= 11 is 0. The first-order chi connectivity index (χ1) is 14.2. The van der Waals surface area contributed by atoms with Crippen LogP contribution in [0.3, 0.4) is 0 Å². The van der Waals surface area contributed by atoms with Crippen LogP contribution in [0.2, 0.25) is 0 Å². The van der Waals surface area contributed by atoms with E-state index in [1.54, 1.807) is 11.9 Å². The lowest BCUT2D eigenvalue weighted by Crippen LogP contribution is -2.63. The fraction of sp³-hybridized carbons (Fsp3) is 0.591. The summed E-state index contributed by atoms with van der Waals surface area (Å²) in [6.07, 6.45) is 1.31. The van der Waals surface area contributed by atoms with Gasteiger partial charge in [0.2, 0.25) is 5.91 Å². The molecule has 2 fully saturated rings. The van der Waals surface area contributed by atoms with Crippen LogP contribution in [0.25, 0.3) is 0 Å². The van der Waals surface area contributed by atoms with Crippen LogP contribution >= 0.6 is 0 Å². The number of likely N-dealkylation sites (tertiary alicyclic amines) is 2. The normalized spacial score (nSPS) is 17.7. The van der Waals surface area contributed by atoms with Gasteiger partial charge in [0.05, 0.1) is 6.04 Å². The molecule has 0 aliphatic carbocycles. The van der Waals surface area contributed by atoms with E-state index in [4.69, 9.17) is 4.74 Å². The van der Waals surface area contributed by atoms with Crippen molar-refractivity contribution in [3.63, 3.8) is 0 Å². The summed E-state index contributed by atoms with van der Waals surface area (Å²) in [7, 11) is 1.73. The minimum Gasteiger partial charge on any atom is -0.444 e. The molecule has 2 aliphatic heterocycles. The summed E-state index contributed by atoms with van der Waals surface area (Å²) in [4.78, 5) is 31.9. The number of hydrogen-bond acceptors (Lipinski definition) is 4. The van der Waals surface area contributed by atoms with Gasteiger partial charge in [-0.05, 0) is 38.3 Å². The summed E-state index contributed by atoms with van der Waals surface area (Å²) in [5.74, 6) is 0.922. The van der Waals surface area contributed by atoms with Crippen LogP contribution in [0.15, 0.2) is 29.3 Å². The zero-order valence-electron chi connectivity index (χ0n) is 18.4. The van der Waals surface area contributed by atoms with E-state index in [9.17, 15) is 9.59 Å². The van der Waals surface area contributed by atoms with Gasteiger partial charge in [0.25, 0.3) is 0 Å². The van der Waals surface area contributed by atoms with Gasteiger partial charge in [-0.3, -0.25) is 9.79 Å². The van der Waals surface area contributed by atoms with Gasteiger partial charge >= 0.3 is 6.09 Å². The van der Waals surface area contributed by atoms with Crippen molar-refractivity contribution in [2.45, 2.75) is 58.3 Å². The Labute approximate surface area is 178 Å². The molecule has 0 aromatic heterocycles. The van der Waals surface area contributed by atoms with Crippen molar-refractivity contribution >= 4 is 18.0 Å². The second-order valence-corrected chi connectivity index (χ2v) is 8.84. The molecule has 1 aromatic rings. The van der Waals surface area contributed by atoms with Crippen LogP contribution in [0.1, 0.15) is 44.7 Å². The maximum atomic E-state index is 12.1. The molecule has 2 N–H and O–H groups in total. The Kier molecular flexibility index (Phi) is 6.84. The lowest BCUT2D eigenvalue weighted by molar-refractivity contribution is -0.128. The molecule has 2 amide bonds. The highest BCUT2D eigenvalue weighted by molar-refractivity contribution is 5.80. The number of guanidine groups is 1. The van der Waals surface area contributed by atoms with Gasteiger partial charge in [-0.25, -0.2) is 4.79 Å². The summed E-state index contributed by atoms with van der Waals surface area (Å²) in [6.45, 7) is 8.86. The standard InChI is InChI=1S/C22H33N5O3/c1-22(2,3)30-21(29)27-14-18(15-27)25-20(23-4)24-12-16-8-5-6-9-17(16)13-26-11-7-10-19(26)28/h5-6,8-9,18H,7,10-15H2,1-4H3,(H2,23,24,25). The quantitative estimate of drug-likeness (QED) is 0.568. The molecule has 0 spiro atoms. The summed E-state index contributed by atoms with van der Waals surface area (Å²) < 4.78 is 5.39. The summed E-state index contributed by atoms with van der Waals surface area (Å²) in [6, 6.07) is 8.30. The number of benzene rings is 1. The number of aliphatic imine (C=N–C) groups is 1. The van der Waals surface area contributed by atoms with E-state index in [-0.39, 0.29) is 18.0 Å². The number of nitrogens with zero attached hydrogens (tertiary/aromatic N) is 3. The fourth-order valence-corrected chi connectivity index (χ4v) is 3.57. The Morgan fingerprint density at radius 1 is 1.23 bits per heavy atom. The molecule has 8 heteroatoms. The SMILES string of the molecule is CN=C(NCc1ccccc1CN1CCCC1=O)NC1CN(C(=O)OC(C)(C)C)C1. The Balaban J connectivity index is 1.48. The number of rotatable bonds is 5. The van der Waals surface area contributed by atoms with Crippen molar-refractivity contribution in [3.05, 3.63) is 35.4 Å². The highest BCUT2D eigenvalue weighted by Gasteiger charge is 2.34. The van der Waals surface area contributed by atoms with E-state index in [0.29, 0.717) is 38.6 Å². The Hall–Kier alpha value is -2.77. The number of carbonyl (C=O) groups is 2. The summed E-state index contributed by atoms with van der Waals surface area (Å²) in [5.41, 5.74) is 1.81. The predicted molar refractivity (Wildman–Crippen MR) is 116 cm³/mol. The molecule has 1 aromatic carbocycles. The fourth-order valence-electron chi connectivity index (χ4n) is 3.57. The maximum Gasteiger partial charge on any atom is 0.410 e. The molecule has 3 rings (SSSR count). The van der Waals surface area contributed by atoms with Crippen molar-refractivity contribution in [3.8, 4) is 0 Å². The monoisotopic (exact) mass is 415 g/mol. The van der Waals surface area contributed by atoms with Crippen LogP contribution in [0.5, 0.6) is 0 Å². The van der Waals surface area contributed by atoms with Crippen molar-refractivity contribution in [1.29, 1.82) is 0 Å². The largest absolute Gasteiger partial charge is 0.444 e. The lowest BCUT2D eigenvalue weighted by Gasteiger charge is -2.40. The van der Waals surface area contributed by atoms with Gasteiger partial charge < -0.3 is 25.2 Å². The smallest absolute Gasteiger partial charge is 0.410 e. The van der Waals surface area contributed by atoms with Gasteiger partial charge in [-0.1, -0.05) is 24.3 Å². The van der Waals surface area contributed by atoms with E-state index < -0.39 is 5.60 Å². The third-order valence-corrected chi connectivity index (χ3v) is 5.19. The van der Waals surface area contributed by atoms with Crippen LogP contribution < -0.4 is 10.6 Å². The molecular formula is C22H33N5O3. The Bertz CT molecular complexity index is 796. The number of carbonyl (C=O) groups excluding carboxylic acids is 2. The molecule has 2 aliphatic rings. The van der Waals surface area contributed by atoms with Gasteiger partial charge in [0, 0.05) is 46.2 Å². The second kappa shape index (κ2) is 9.36.